The molecule has 0 aliphatic carbocycles. The molecule has 21 heteroatoms. The molecule has 0 atom stereocenters. The van der Waals surface area contributed by atoms with E-state index in [1.165, 1.54) is 0 Å². The molecule has 0 spiro atoms. The van der Waals surface area contributed by atoms with E-state index < -0.39 is 16.2 Å². The van der Waals surface area contributed by atoms with Gasteiger partial charge >= 0.3 is 0 Å². The van der Waals surface area contributed by atoms with Gasteiger partial charge in [-0.3, -0.25) is 0 Å². The van der Waals surface area contributed by atoms with Crippen molar-refractivity contribution in [3.05, 3.63) is 0 Å². The van der Waals surface area contributed by atoms with Gasteiger partial charge in [-0.1, -0.05) is 0 Å². The smallest absolute Gasteiger partial charge is 0.146 e. The van der Waals surface area contributed by atoms with Crippen LogP contribution in [0.15, 0.2) is 0 Å². The van der Waals surface area contributed by atoms with E-state index in [9.17, 15) is 0 Å². The van der Waals surface area contributed by atoms with Crippen LogP contribution in [0.3, 0.4) is 0 Å². The van der Waals surface area contributed by atoms with E-state index in [0.29, 0.717) is 92.5 Å². The first-order valence-electron chi connectivity index (χ1n) is 23.4. The van der Waals surface area contributed by atoms with Crippen LogP contribution in [-0.2, 0) is 99.5 Å². The summed E-state index contributed by atoms with van der Waals surface area (Å²) in [6.07, 6.45) is 0. The molecule has 0 radical (unpaired) electrons. The lowest BCUT2D eigenvalue weighted by Crippen LogP contribution is -2.46. The van der Waals surface area contributed by atoms with Crippen LogP contribution in [0.1, 0.15) is 69.2 Å². The highest BCUT2D eigenvalue weighted by molar-refractivity contribution is 4.83. The van der Waals surface area contributed by atoms with Crippen molar-refractivity contribution < 1.29 is 99.5 Å². The van der Waals surface area contributed by atoms with Crippen molar-refractivity contribution in [2.75, 3.05) is 213 Å². The van der Waals surface area contributed by atoms with Gasteiger partial charge in [-0.2, -0.15) is 0 Å². The van der Waals surface area contributed by atoms with E-state index in [4.69, 9.17) is 99.5 Å². The Morgan fingerprint density at radius 3 is 0.364 bits per heavy atom. The molecule has 0 N–H and O–H groups in total. The Bertz CT molecular complexity index is 767. The lowest BCUT2D eigenvalue weighted by atomic mass is 9.90. The molecular weight excluding hydrogens is 876 g/mol. The molecule has 0 amide bonds. The second-order valence-corrected chi connectivity index (χ2v) is 14.6. The van der Waals surface area contributed by atoms with Crippen LogP contribution in [-0.4, -0.2) is 213 Å². The average molecular weight is 971 g/mol. The molecule has 0 rings (SSSR count). The molecule has 0 aromatic carbocycles. The third kappa shape index (κ3) is 41.0. The monoisotopic (exact) mass is 971 g/mol. The minimum atomic E-state index is -0.679. The van der Waals surface area contributed by atoms with Crippen LogP contribution in [0, 0.1) is 16.2 Å². The Balaban J connectivity index is 0. The fraction of sp³-hybridized carbons (Fsp3) is 1.00. The summed E-state index contributed by atoms with van der Waals surface area (Å²) in [7, 11) is 0. The predicted molar refractivity (Wildman–Crippen MR) is 243 cm³/mol. The van der Waals surface area contributed by atoms with Crippen molar-refractivity contribution in [3.8, 4) is 0 Å². The quantitative estimate of drug-likeness (QED) is 0.0580. The molecule has 0 aromatic rings. The third-order valence-electron chi connectivity index (χ3n) is 8.61. The highest BCUT2D eigenvalue weighted by atomic mass is 16.7. The maximum Gasteiger partial charge on any atom is 0.146 e. The number of hydrogen-bond donors (Lipinski definition) is 0. The highest BCUT2D eigenvalue weighted by Gasteiger charge is 2.37. The number of ether oxygens (including phenoxy) is 21. The fourth-order valence-corrected chi connectivity index (χ4v) is 5.24. The molecule has 0 aromatic heterocycles. The van der Waals surface area contributed by atoms with Gasteiger partial charge in [-0.15, -0.1) is 0 Å². The molecule has 0 unspecified atom stereocenters. The van der Waals surface area contributed by atoms with Gasteiger partial charge in [0, 0.05) is 66.1 Å². The Morgan fingerprint density at radius 1 is 0.152 bits per heavy atom. The van der Waals surface area contributed by atoms with E-state index >= 15 is 0 Å². The van der Waals surface area contributed by atoms with Crippen molar-refractivity contribution in [1.29, 1.82) is 0 Å². The zero-order chi connectivity index (χ0) is 49.0. The summed E-state index contributed by atoms with van der Waals surface area (Å²) in [5, 5.41) is 0. The SMILES string of the molecule is CCOCOCC(COCOCC)(COCOCC)COCC(COCOCC)(COCOCC)COCOCC.CCOCOCC(COCOCC)(COCOCC)COCOCC. The Labute approximate surface area is 397 Å². The predicted octanol–water partition coefficient (Wildman–Crippen LogP) is 5.05. The van der Waals surface area contributed by atoms with Gasteiger partial charge < -0.3 is 99.5 Å². The molecule has 0 saturated carbocycles. The van der Waals surface area contributed by atoms with E-state index in [2.05, 4.69) is 0 Å². The van der Waals surface area contributed by atoms with Gasteiger partial charge in [0.25, 0.3) is 0 Å². The average Bonchev–Trinajstić information content (AvgIpc) is 3.33. The highest BCUT2D eigenvalue weighted by Crippen LogP contribution is 2.26. The normalized spacial score (nSPS) is 12.3. The number of rotatable bonds is 54. The molecule has 0 fully saturated rings. The largest absolute Gasteiger partial charge is 0.380 e. The van der Waals surface area contributed by atoms with Gasteiger partial charge in [0.05, 0.1) is 95.5 Å². The van der Waals surface area contributed by atoms with Crippen LogP contribution >= 0.6 is 0 Å². The first kappa shape index (κ1) is 67.2. The van der Waals surface area contributed by atoms with E-state index in [0.717, 1.165) is 0 Å². The van der Waals surface area contributed by atoms with Gasteiger partial charge in [0.1, 0.15) is 67.9 Å². The summed E-state index contributed by atoms with van der Waals surface area (Å²) in [6, 6.07) is 0. The summed E-state index contributed by atoms with van der Waals surface area (Å²) < 4.78 is 117. The molecule has 0 heterocycles. The maximum absolute atomic E-state index is 6.38. The zero-order valence-corrected chi connectivity index (χ0v) is 42.7. The minimum absolute atomic E-state index is 0.140. The summed E-state index contributed by atoms with van der Waals surface area (Å²) in [6.45, 7) is 29.9. The number of hydrogen-bond acceptors (Lipinski definition) is 21. The van der Waals surface area contributed by atoms with Crippen LogP contribution < -0.4 is 0 Å². The van der Waals surface area contributed by atoms with Crippen molar-refractivity contribution in [2.24, 2.45) is 16.2 Å². The first-order chi connectivity index (χ1) is 32.3. The van der Waals surface area contributed by atoms with E-state index in [1.54, 1.807) is 0 Å². The van der Waals surface area contributed by atoms with E-state index in [1.807, 2.05) is 69.2 Å². The van der Waals surface area contributed by atoms with Crippen LogP contribution in [0.2, 0.25) is 0 Å². The van der Waals surface area contributed by atoms with Gasteiger partial charge in [-0.25, -0.2) is 0 Å². The molecule has 0 aliphatic rings. The van der Waals surface area contributed by atoms with Crippen LogP contribution in [0.5, 0.6) is 0 Å². The van der Waals surface area contributed by atoms with Crippen molar-refractivity contribution in [2.45, 2.75) is 69.2 Å². The van der Waals surface area contributed by atoms with Crippen molar-refractivity contribution >= 4 is 0 Å². The molecule has 66 heavy (non-hydrogen) atoms. The molecule has 400 valence electrons. The molecule has 0 saturated heterocycles. The first-order valence-corrected chi connectivity index (χ1v) is 23.4. The standard InChI is InChI=1S/C28H58O13.C17H36O8/c1-7-29-21-36-15-27(16-37-22-30-8-2,17-38-23-31-9-3)13-35-14-28(18-39-24-32-10-4,19-40-25-33-11-5)20-41-26-34-12-6;1-5-18-13-22-9-17(10-23-14-19-6-2,11-24-15-20-7-3)12-25-16-21-8-4/h7-26H2,1-6H3;5-16H2,1-4H3. The second kappa shape index (κ2) is 52.0. The fourth-order valence-electron chi connectivity index (χ4n) is 5.24. The Morgan fingerprint density at radius 2 is 0.258 bits per heavy atom. The molecule has 0 bridgehead atoms. The van der Waals surface area contributed by atoms with Crippen LogP contribution in [0.25, 0.3) is 0 Å². The van der Waals surface area contributed by atoms with Crippen LogP contribution in [0.4, 0.5) is 0 Å². The van der Waals surface area contributed by atoms with Gasteiger partial charge in [-0.05, 0) is 69.2 Å². The molecule has 0 aliphatic heterocycles. The lowest BCUT2D eigenvalue weighted by Gasteiger charge is -2.36. The third-order valence-corrected chi connectivity index (χ3v) is 8.61. The van der Waals surface area contributed by atoms with Crippen molar-refractivity contribution in [3.63, 3.8) is 0 Å². The summed E-state index contributed by atoms with van der Waals surface area (Å²) >= 11 is 0. The summed E-state index contributed by atoms with van der Waals surface area (Å²) in [4.78, 5) is 0. The lowest BCUT2D eigenvalue weighted by molar-refractivity contribution is -0.192. The topological polar surface area (TPSA) is 194 Å². The Hall–Kier alpha value is -0.840. The zero-order valence-electron chi connectivity index (χ0n) is 42.7. The summed E-state index contributed by atoms with van der Waals surface area (Å²) in [5.41, 5.74) is -1.87. The minimum Gasteiger partial charge on any atom is -0.380 e. The van der Waals surface area contributed by atoms with Crippen molar-refractivity contribution in [1.82, 2.24) is 0 Å². The maximum atomic E-state index is 6.38. The summed E-state index contributed by atoms with van der Waals surface area (Å²) in [5.74, 6) is 0. The molecular formula is C45H94O21. The van der Waals surface area contributed by atoms with E-state index in [-0.39, 0.29) is 121 Å². The Kier molecular flexibility index (Phi) is 53.0. The van der Waals surface area contributed by atoms with Gasteiger partial charge in [0.2, 0.25) is 0 Å². The second-order valence-electron chi connectivity index (χ2n) is 14.6. The molecule has 21 nitrogen and oxygen atoms in total. The van der Waals surface area contributed by atoms with Gasteiger partial charge in [0.15, 0.2) is 0 Å².